The molecule has 0 aliphatic carbocycles. The van der Waals surface area contributed by atoms with Crippen LogP contribution in [0.5, 0.6) is 0 Å². The molecule has 2 fully saturated rings. The van der Waals surface area contributed by atoms with Gasteiger partial charge in [0, 0.05) is 61.9 Å². The van der Waals surface area contributed by atoms with Crippen LogP contribution in [0.4, 0.5) is 4.79 Å². The first-order valence-electron chi connectivity index (χ1n) is 9.15. The fourth-order valence-electron chi connectivity index (χ4n) is 3.64. The number of Topliss-reactive ketones (excluding diaryl/α,β-unsaturated/α-hetero) is 1. The number of hydrogen-bond donors (Lipinski definition) is 1. The van der Waals surface area contributed by atoms with Gasteiger partial charge in [0.15, 0.2) is 5.78 Å². The summed E-state index contributed by atoms with van der Waals surface area (Å²) in [5, 5.41) is 0.971. The highest BCUT2D eigenvalue weighted by Gasteiger charge is 2.27. The van der Waals surface area contributed by atoms with Crippen molar-refractivity contribution in [3.63, 3.8) is 0 Å². The molecule has 0 radical (unpaired) electrons. The van der Waals surface area contributed by atoms with Crippen LogP contribution in [0.2, 0.25) is 0 Å². The zero-order chi connectivity index (χ0) is 17.9. The van der Waals surface area contributed by atoms with Gasteiger partial charge in [0.2, 0.25) is 0 Å². The van der Waals surface area contributed by atoms with Gasteiger partial charge < -0.3 is 19.5 Å². The molecule has 138 valence electrons. The topological polar surface area (TPSA) is 68.9 Å². The molecule has 4 rings (SSSR count). The third-order valence-corrected chi connectivity index (χ3v) is 5.18. The van der Waals surface area contributed by atoms with E-state index in [4.69, 9.17) is 4.74 Å². The minimum absolute atomic E-state index is 0.0934. The highest BCUT2D eigenvalue weighted by molar-refractivity contribution is 6.08. The monoisotopic (exact) mass is 356 g/mol. The van der Waals surface area contributed by atoms with E-state index >= 15 is 0 Å². The van der Waals surface area contributed by atoms with E-state index in [1.165, 1.54) is 0 Å². The van der Waals surface area contributed by atoms with E-state index in [9.17, 15) is 9.59 Å². The van der Waals surface area contributed by atoms with Gasteiger partial charge >= 0.3 is 6.03 Å². The zero-order valence-corrected chi connectivity index (χ0v) is 14.8. The van der Waals surface area contributed by atoms with Crippen LogP contribution in [0.3, 0.4) is 0 Å². The lowest BCUT2D eigenvalue weighted by Crippen LogP contribution is -2.55. The highest BCUT2D eigenvalue weighted by atomic mass is 16.5. The lowest BCUT2D eigenvalue weighted by atomic mass is 10.1. The summed E-state index contributed by atoms with van der Waals surface area (Å²) in [5.74, 6) is 0.121. The second-order valence-electron chi connectivity index (χ2n) is 6.82. The number of amides is 2. The summed E-state index contributed by atoms with van der Waals surface area (Å²) >= 11 is 0. The molecule has 0 unspecified atom stereocenters. The summed E-state index contributed by atoms with van der Waals surface area (Å²) in [5.41, 5.74) is 1.73. The van der Waals surface area contributed by atoms with E-state index in [0.717, 1.165) is 29.6 Å². The second-order valence-corrected chi connectivity index (χ2v) is 6.82. The largest absolute Gasteiger partial charge is 0.378 e. The standard InChI is InChI=1S/C19H24N4O3/c24-18(16-13-20-17-4-2-1-3-15(16)17)14-21-5-7-22(8-6-21)19(25)23-9-11-26-12-10-23/h1-4,13,20H,5-12,14H2. The number of ketones is 1. The molecule has 0 atom stereocenters. The Bertz CT molecular complexity index is 789. The molecule has 1 N–H and O–H groups in total. The van der Waals surface area contributed by atoms with Crippen LogP contribution in [0.15, 0.2) is 30.5 Å². The van der Waals surface area contributed by atoms with E-state index in [-0.39, 0.29) is 11.8 Å². The van der Waals surface area contributed by atoms with Gasteiger partial charge in [0.05, 0.1) is 19.8 Å². The predicted octanol–water partition coefficient (Wildman–Crippen LogP) is 1.42. The first-order chi connectivity index (χ1) is 12.7. The number of piperazine rings is 1. The number of nitrogens with one attached hydrogen (secondary N) is 1. The highest BCUT2D eigenvalue weighted by Crippen LogP contribution is 2.19. The molecule has 3 heterocycles. The van der Waals surface area contributed by atoms with Gasteiger partial charge in [-0.15, -0.1) is 0 Å². The lowest BCUT2D eigenvalue weighted by molar-refractivity contribution is 0.0376. The van der Waals surface area contributed by atoms with Crippen molar-refractivity contribution in [2.75, 3.05) is 59.0 Å². The molecule has 2 aliphatic heterocycles. The van der Waals surface area contributed by atoms with Gasteiger partial charge in [-0.2, -0.15) is 0 Å². The summed E-state index contributed by atoms with van der Waals surface area (Å²) in [6, 6.07) is 7.94. The Morgan fingerprint density at radius 1 is 0.962 bits per heavy atom. The summed E-state index contributed by atoms with van der Waals surface area (Å²) in [4.78, 5) is 34.2. The predicted molar refractivity (Wildman–Crippen MR) is 98.4 cm³/mol. The minimum atomic E-state index is 0.0934. The minimum Gasteiger partial charge on any atom is -0.378 e. The molecular formula is C19H24N4O3. The lowest BCUT2D eigenvalue weighted by Gasteiger charge is -2.38. The Morgan fingerprint density at radius 2 is 1.65 bits per heavy atom. The molecule has 26 heavy (non-hydrogen) atoms. The van der Waals surface area contributed by atoms with Crippen LogP contribution in [0.25, 0.3) is 10.9 Å². The molecule has 7 nitrogen and oxygen atoms in total. The third kappa shape index (κ3) is 3.45. The first-order valence-corrected chi connectivity index (χ1v) is 9.15. The molecule has 1 aromatic heterocycles. The van der Waals surface area contributed by atoms with Gasteiger partial charge in [0.1, 0.15) is 0 Å². The van der Waals surface area contributed by atoms with Gasteiger partial charge in [-0.1, -0.05) is 18.2 Å². The number of H-pyrrole nitrogens is 1. The van der Waals surface area contributed by atoms with Gasteiger partial charge in [-0.05, 0) is 6.07 Å². The fraction of sp³-hybridized carbons (Fsp3) is 0.474. The van der Waals surface area contributed by atoms with Crippen LogP contribution in [-0.4, -0.2) is 90.5 Å². The van der Waals surface area contributed by atoms with Crippen LogP contribution in [-0.2, 0) is 4.74 Å². The maximum atomic E-state index is 12.7. The number of aromatic nitrogens is 1. The normalized spacial score (nSPS) is 19.1. The van der Waals surface area contributed by atoms with Crippen LogP contribution < -0.4 is 0 Å². The number of carbonyl (C=O) groups excluding carboxylic acids is 2. The molecule has 0 spiro atoms. The quantitative estimate of drug-likeness (QED) is 0.845. The molecule has 7 heteroatoms. The molecule has 2 amide bonds. The number of hydrogen-bond acceptors (Lipinski definition) is 4. The summed E-state index contributed by atoms with van der Waals surface area (Å²) < 4.78 is 5.30. The van der Waals surface area contributed by atoms with Crippen molar-refractivity contribution in [3.8, 4) is 0 Å². The van der Waals surface area contributed by atoms with E-state index in [0.29, 0.717) is 45.9 Å². The van der Waals surface area contributed by atoms with Crippen molar-refractivity contribution >= 4 is 22.7 Å². The molecule has 0 bridgehead atoms. The Balaban J connectivity index is 1.32. The molecule has 2 aliphatic rings. The van der Waals surface area contributed by atoms with Crippen molar-refractivity contribution in [2.24, 2.45) is 0 Å². The van der Waals surface area contributed by atoms with E-state index in [1.54, 1.807) is 6.20 Å². The number of urea groups is 1. The smallest absolute Gasteiger partial charge is 0.320 e. The number of aromatic amines is 1. The number of nitrogens with zero attached hydrogens (tertiary/aromatic N) is 3. The Hall–Kier alpha value is -2.38. The number of carbonyl (C=O) groups is 2. The molecular weight excluding hydrogens is 332 g/mol. The Labute approximate surface area is 152 Å². The first kappa shape index (κ1) is 17.1. The number of morpholine rings is 1. The number of benzene rings is 1. The van der Waals surface area contributed by atoms with Gasteiger partial charge in [-0.3, -0.25) is 9.69 Å². The Kier molecular flexibility index (Phi) is 4.90. The maximum Gasteiger partial charge on any atom is 0.320 e. The average Bonchev–Trinajstić information content (AvgIpc) is 3.13. The van der Waals surface area contributed by atoms with Gasteiger partial charge in [0.25, 0.3) is 0 Å². The number of fused-ring (bicyclic) bond motifs is 1. The molecule has 2 saturated heterocycles. The Morgan fingerprint density at radius 3 is 2.42 bits per heavy atom. The fourth-order valence-corrected chi connectivity index (χ4v) is 3.64. The van der Waals surface area contributed by atoms with Crippen molar-refractivity contribution < 1.29 is 14.3 Å². The van der Waals surface area contributed by atoms with Crippen LogP contribution in [0.1, 0.15) is 10.4 Å². The number of ether oxygens (including phenoxy) is 1. The summed E-state index contributed by atoms with van der Waals surface area (Å²) in [7, 11) is 0. The van der Waals surface area contributed by atoms with Crippen molar-refractivity contribution in [1.29, 1.82) is 0 Å². The average molecular weight is 356 g/mol. The van der Waals surface area contributed by atoms with Crippen molar-refractivity contribution in [1.82, 2.24) is 19.7 Å². The number of para-hydroxylation sites is 1. The SMILES string of the molecule is O=C(CN1CCN(C(=O)N2CCOCC2)CC1)c1c[nH]c2ccccc12. The van der Waals surface area contributed by atoms with Crippen LogP contribution in [0, 0.1) is 0 Å². The second kappa shape index (κ2) is 7.47. The molecule has 1 aromatic carbocycles. The zero-order valence-electron chi connectivity index (χ0n) is 14.8. The molecule has 0 saturated carbocycles. The number of rotatable bonds is 3. The molecule has 2 aromatic rings. The van der Waals surface area contributed by atoms with Gasteiger partial charge in [-0.25, -0.2) is 4.79 Å². The summed E-state index contributed by atoms with van der Waals surface area (Å²) in [6.07, 6.45) is 1.80. The van der Waals surface area contributed by atoms with E-state index in [1.807, 2.05) is 34.1 Å². The van der Waals surface area contributed by atoms with Crippen LogP contribution >= 0.6 is 0 Å². The van der Waals surface area contributed by atoms with E-state index < -0.39 is 0 Å². The van der Waals surface area contributed by atoms with E-state index in [2.05, 4.69) is 9.88 Å². The third-order valence-electron chi connectivity index (χ3n) is 5.18. The summed E-state index contributed by atoms with van der Waals surface area (Å²) in [6.45, 7) is 5.73. The van der Waals surface area contributed by atoms with Crippen molar-refractivity contribution in [3.05, 3.63) is 36.0 Å². The van der Waals surface area contributed by atoms with Crippen molar-refractivity contribution in [2.45, 2.75) is 0 Å². The maximum absolute atomic E-state index is 12.7.